The average Bonchev–Trinajstić information content (AvgIpc) is 2.73. The Bertz CT molecular complexity index is 1020. The van der Waals surface area contributed by atoms with Gasteiger partial charge < -0.3 is 15.7 Å². The Hall–Kier alpha value is -3.22. The predicted octanol–water partition coefficient (Wildman–Crippen LogP) is 5.45. The van der Waals surface area contributed by atoms with E-state index in [-0.39, 0.29) is 40.3 Å². The lowest BCUT2D eigenvalue weighted by Crippen LogP contribution is -2.39. The fourth-order valence-electron chi connectivity index (χ4n) is 3.38. The highest BCUT2D eigenvalue weighted by molar-refractivity contribution is 5.99. The molecule has 2 aromatic carbocycles. The first kappa shape index (κ1) is 25.0. The summed E-state index contributed by atoms with van der Waals surface area (Å²) in [4.78, 5) is 23.4. The van der Waals surface area contributed by atoms with Crippen molar-refractivity contribution in [3.05, 3.63) is 58.2 Å². The van der Waals surface area contributed by atoms with Crippen molar-refractivity contribution < 1.29 is 23.5 Å². The molecule has 7 heteroatoms. The Balaban J connectivity index is 2.51. The van der Waals surface area contributed by atoms with E-state index in [1.807, 2.05) is 26.0 Å². The summed E-state index contributed by atoms with van der Waals surface area (Å²) in [5.41, 5.74) is 1.97. The van der Waals surface area contributed by atoms with E-state index < -0.39 is 29.6 Å². The maximum Gasteiger partial charge on any atom is 0.325 e. The molecule has 0 aliphatic heterocycles. The molecule has 0 saturated heterocycles. The van der Waals surface area contributed by atoms with Crippen LogP contribution in [0.2, 0.25) is 0 Å². The second kappa shape index (κ2) is 10.4. The molecule has 32 heavy (non-hydrogen) atoms. The number of halogens is 2. The monoisotopic (exact) mass is 444 g/mol. The van der Waals surface area contributed by atoms with E-state index in [0.717, 1.165) is 5.69 Å². The van der Waals surface area contributed by atoms with Crippen molar-refractivity contribution in [2.75, 3.05) is 5.32 Å². The molecule has 2 rings (SSSR count). The standard InChI is InChI=1S/C25H30F2N2O3/c1-7-17(24(30)29-16(6)25(31)32)12-20-14(4)23(27)21(15(5)22(20)26)18-8-10-19(11-9-18)28-13(2)3/h8-13,16,28H,7H2,1-6H3,(H,29,30)(H,31,32)/b17-12+/t16-/m1/s1. The normalized spacial score (nSPS) is 12.6. The lowest BCUT2D eigenvalue weighted by molar-refractivity contribution is -0.140. The van der Waals surface area contributed by atoms with Gasteiger partial charge in [0.25, 0.3) is 0 Å². The number of anilines is 1. The van der Waals surface area contributed by atoms with Crippen LogP contribution in [0.4, 0.5) is 14.5 Å². The summed E-state index contributed by atoms with van der Waals surface area (Å²) in [5.74, 6) is -2.99. The molecule has 0 aromatic heterocycles. The van der Waals surface area contributed by atoms with E-state index in [0.29, 0.717) is 5.56 Å². The van der Waals surface area contributed by atoms with Gasteiger partial charge >= 0.3 is 5.97 Å². The Morgan fingerprint density at radius 2 is 1.62 bits per heavy atom. The van der Waals surface area contributed by atoms with Crippen molar-refractivity contribution in [1.82, 2.24) is 5.32 Å². The van der Waals surface area contributed by atoms with Crippen LogP contribution < -0.4 is 10.6 Å². The van der Waals surface area contributed by atoms with Crippen LogP contribution in [0, 0.1) is 25.5 Å². The number of rotatable bonds is 8. The van der Waals surface area contributed by atoms with Crippen LogP contribution in [0.1, 0.15) is 50.8 Å². The average molecular weight is 445 g/mol. The molecule has 5 nitrogen and oxygen atoms in total. The Labute approximate surface area is 187 Å². The lowest BCUT2D eigenvalue weighted by Gasteiger charge is -2.17. The number of carboxylic acids is 1. The number of aliphatic carboxylic acids is 1. The molecule has 0 saturated carbocycles. The van der Waals surface area contributed by atoms with E-state index in [4.69, 9.17) is 5.11 Å². The van der Waals surface area contributed by atoms with Gasteiger partial charge in [-0.1, -0.05) is 19.1 Å². The minimum Gasteiger partial charge on any atom is -0.480 e. The van der Waals surface area contributed by atoms with Crippen LogP contribution in [0.15, 0.2) is 29.8 Å². The molecule has 3 N–H and O–H groups in total. The van der Waals surface area contributed by atoms with Gasteiger partial charge in [-0.25, -0.2) is 8.78 Å². The number of benzene rings is 2. The van der Waals surface area contributed by atoms with E-state index in [1.165, 1.54) is 26.8 Å². The van der Waals surface area contributed by atoms with Crippen molar-refractivity contribution in [2.24, 2.45) is 0 Å². The number of carboxylic acid groups (broad SMARTS) is 1. The molecule has 0 heterocycles. The number of nitrogens with one attached hydrogen (secondary N) is 2. The Kier molecular flexibility index (Phi) is 8.14. The molecule has 0 aliphatic carbocycles. The molecule has 0 spiro atoms. The highest BCUT2D eigenvalue weighted by Gasteiger charge is 2.22. The summed E-state index contributed by atoms with van der Waals surface area (Å²) in [6, 6.07) is 6.26. The largest absolute Gasteiger partial charge is 0.480 e. The van der Waals surface area contributed by atoms with Gasteiger partial charge in [-0.05, 0) is 75.9 Å². The number of hydrogen-bond donors (Lipinski definition) is 3. The molecule has 0 fully saturated rings. The van der Waals surface area contributed by atoms with Gasteiger partial charge in [0.15, 0.2) is 0 Å². The fourth-order valence-corrected chi connectivity index (χ4v) is 3.38. The SMILES string of the molecule is CC/C(=C\c1c(C)c(F)c(-c2ccc(NC(C)C)cc2)c(C)c1F)C(=O)N[C@H](C)C(=O)O. The minimum atomic E-state index is -1.18. The van der Waals surface area contributed by atoms with Gasteiger partial charge in [0.2, 0.25) is 5.91 Å². The van der Waals surface area contributed by atoms with Crippen molar-refractivity contribution in [3.63, 3.8) is 0 Å². The van der Waals surface area contributed by atoms with Gasteiger partial charge in [-0.15, -0.1) is 0 Å². The Morgan fingerprint density at radius 3 is 2.12 bits per heavy atom. The summed E-state index contributed by atoms with van der Waals surface area (Å²) in [6.07, 6.45) is 1.52. The predicted molar refractivity (Wildman–Crippen MR) is 124 cm³/mol. The smallest absolute Gasteiger partial charge is 0.325 e. The topological polar surface area (TPSA) is 78.4 Å². The van der Waals surface area contributed by atoms with Gasteiger partial charge in [0.05, 0.1) is 0 Å². The van der Waals surface area contributed by atoms with Crippen LogP contribution in [0.3, 0.4) is 0 Å². The zero-order valence-corrected chi connectivity index (χ0v) is 19.3. The zero-order valence-electron chi connectivity index (χ0n) is 19.3. The van der Waals surface area contributed by atoms with E-state index >= 15 is 8.78 Å². The number of carbonyl (C=O) groups excluding carboxylic acids is 1. The zero-order chi connectivity index (χ0) is 24.2. The molecule has 0 aliphatic rings. The first-order valence-corrected chi connectivity index (χ1v) is 10.6. The highest BCUT2D eigenvalue weighted by Crippen LogP contribution is 2.35. The summed E-state index contributed by atoms with van der Waals surface area (Å²) in [5, 5.41) is 14.6. The van der Waals surface area contributed by atoms with Crippen LogP contribution >= 0.6 is 0 Å². The second-order valence-electron chi connectivity index (χ2n) is 8.10. The van der Waals surface area contributed by atoms with Gasteiger partial charge in [0, 0.05) is 28.4 Å². The summed E-state index contributed by atoms with van der Waals surface area (Å²) >= 11 is 0. The molecule has 172 valence electrons. The van der Waals surface area contributed by atoms with E-state index in [9.17, 15) is 9.59 Å². The maximum absolute atomic E-state index is 15.4. The fraction of sp³-hybridized carbons (Fsp3) is 0.360. The minimum absolute atomic E-state index is 0.0168. The molecule has 0 bridgehead atoms. The first-order valence-electron chi connectivity index (χ1n) is 10.6. The third kappa shape index (κ3) is 5.52. The van der Waals surface area contributed by atoms with Gasteiger partial charge in [-0.2, -0.15) is 0 Å². The van der Waals surface area contributed by atoms with Crippen molar-refractivity contribution in [1.29, 1.82) is 0 Å². The number of carbonyl (C=O) groups is 2. The van der Waals surface area contributed by atoms with Crippen molar-refractivity contribution in [2.45, 2.75) is 60.0 Å². The van der Waals surface area contributed by atoms with Gasteiger partial charge in [-0.3, -0.25) is 9.59 Å². The third-order valence-corrected chi connectivity index (χ3v) is 5.23. The van der Waals surface area contributed by atoms with Crippen molar-refractivity contribution in [3.8, 4) is 11.1 Å². The van der Waals surface area contributed by atoms with E-state index in [2.05, 4.69) is 10.6 Å². The van der Waals surface area contributed by atoms with Crippen molar-refractivity contribution >= 4 is 23.6 Å². The molecule has 1 atom stereocenters. The number of hydrogen-bond acceptors (Lipinski definition) is 3. The van der Waals surface area contributed by atoms with Crippen LogP contribution in [0.5, 0.6) is 0 Å². The van der Waals surface area contributed by atoms with Crippen LogP contribution in [-0.4, -0.2) is 29.1 Å². The quantitative estimate of drug-likeness (QED) is 0.473. The highest BCUT2D eigenvalue weighted by atomic mass is 19.1. The maximum atomic E-state index is 15.4. The summed E-state index contributed by atoms with van der Waals surface area (Å²) in [7, 11) is 0. The first-order chi connectivity index (χ1) is 15.0. The molecule has 0 unspecified atom stereocenters. The van der Waals surface area contributed by atoms with Crippen LogP contribution in [0.25, 0.3) is 17.2 Å². The summed E-state index contributed by atoms with van der Waals surface area (Å²) in [6.45, 7) is 10.0. The van der Waals surface area contributed by atoms with Crippen LogP contribution in [-0.2, 0) is 9.59 Å². The molecular weight excluding hydrogens is 414 g/mol. The third-order valence-electron chi connectivity index (χ3n) is 5.23. The van der Waals surface area contributed by atoms with Gasteiger partial charge in [0.1, 0.15) is 17.7 Å². The second-order valence-corrected chi connectivity index (χ2v) is 8.10. The molecule has 1 amide bonds. The van der Waals surface area contributed by atoms with E-state index in [1.54, 1.807) is 19.1 Å². The lowest BCUT2D eigenvalue weighted by atomic mass is 9.92. The molecular formula is C25H30F2N2O3. The number of amides is 1. The molecule has 2 aromatic rings. The molecule has 0 radical (unpaired) electrons. The Morgan fingerprint density at radius 1 is 1.03 bits per heavy atom. The summed E-state index contributed by atoms with van der Waals surface area (Å²) < 4.78 is 30.7.